The fourth-order valence-electron chi connectivity index (χ4n) is 1.94. The third-order valence-electron chi connectivity index (χ3n) is 3.09. The van der Waals surface area contributed by atoms with Crippen LogP contribution in [-0.2, 0) is 0 Å². The van der Waals surface area contributed by atoms with Crippen LogP contribution < -0.4 is 0 Å². The molecule has 1 aromatic carbocycles. The van der Waals surface area contributed by atoms with Crippen molar-refractivity contribution in [2.24, 2.45) is 0 Å². The van der Waals surface area contributed by atoms with Crippen molar-refractivity contribution < 1.29 is 9.72 Å². The van der Waals surface area contributed by atoms with Crippen LogP contribution in [0, 0.1) is 10.1 Å². The maximum absolute atomic E-state index is 12.2. The van der Waals surface area contributed by atoms with E-state index in [1.807, 2.05) is 22.9 Å². The second kappa shape index (κ2) is 7.04. The monoisotopic (exact) mass is 376 g/mol. The largest absolute Gasteiger partial charge is 0.289 e. The first kappa shape index (κ1) is 16.5. The van der Waals surface area contributed by atoms with E-state index in [9.17, 15) is 14.9 Å². The summed E-state index contributed by atoms with van der Waals surface area (Å²) >= 11 is 8.83. The molecule has 0 unspecified atom stereocenters. The normalized spacial score (nSPS) is 11.0. The number of benzene rings is 1. The van der Waals surface area contributed by atoms with E-state index < -0.39 is 4.92 Å². The molecule has 0 aliphatic rings. The lowest BCUT2D eigenvalue weighted by Gasteiger charge is -1.98. The zero-order valence-corrected chi connectivity index (χ0v) is 14.4. The van der Waals surface area contributed by atoms with Crippen LogP contribution in [0.2, 0.25) is 5.02 Å². The van der Waals surface area contributed by atoms with Gasteiger partial charge >= 0.3 is 0 Å². The van der Waals surface area contributed by atoms with Gasteiger partial charge in [-0.3, -0.25) is 14.9 Å². The first-order valence-corrected chi connectivity index (χ1v) is 8.84. The van der Waals surface area contributed by atoms with Gasteiger partial charge in [0, 0.05) is 17.0 Å². The molecule has 0 N–H and O–H groups in total. The molecule has 0 amide bonds. The van der Waals surface area contributed by atoms with Crippen molar-refractivity contribution in [3.8, 4) is 9.88 Å². The third kappa shape index (κ3) is 3.59. The highest BCUT2D eigenvalue weighted by Gasteiger charge is 2.15. The zero-order chi connectivity index (χ0) is 17.1. The molecule has 120 valence electrons. The van der Waals surface area contributed by atoms with Crippen molar-refractivity contribution >= 4 is 51.8 Å². The van der Waals surface area contributed by atoms with Gasteiger partial charge in [-0.15, -0.1) is 22.7 Å². The van der Waals surface area contributed by atoms with Crippen LogP contribution in [-0.4, -0.2) is 15.7 Å². The van der Waals surface area contributed by atoms with Crippen LogP contribution >= 0.6 is 34.3 Å². The molecule has 8 heteroatoms. The number of nitro benzene ring substituents is 1. The number of aromatic nitrogens is 1. The van der Waals surface area contributed by atoms with Gasteiger partial charge in [0.1, 0.15) is 10.0 Å². The minimum absolute atomic E-state index is 0.000575. The van der Waals surface area contributed by atoms with Gasteiger partial charge in [-0.1, -0.05) is 17.7 Å². The lowest BCUT2D eigenvalue weighted by Crippen LogP contribution is -1.97. The average molecular weight is 377 g/mol. The average Bonchev–Trinajstić information content (AvgIpc) is 3.24. The zero-order valence-electron chi connectivity index (χ0n) is 12.0. The summed E-state index contributed by atoms with van der Waals surface area (Å²) < 4.78 is 0. The lowest BCUT2D eigenvalue weighted by molar-refractivity contribution is -0.384. The number of carbonyl (C=O) groups is 1. The molecule has 2 heterocycles. The summed E-state index contributed by atoms with van der Waals surface area (Å²) in [6.45, 7) is 0. The highest BCUT2D eigenvalue weighted by Crippen LogP contribution is 2.28. The summed E-state index contributed by atoms with van der Waals surface area (Å²) in [6.07, 6.45) is 2.94. The molecule has 3 aromatic rings. The Balaban J connectivity index is 1.78. The van der Waals surface area contributed by atoms with Crippen molar-refractivity contribution in [1.29, 1.82) is 0 Å². The number of hydrogen-bond acceptors (Lipinski definition) is 6. The van der Waals surface area contributed by atoms with E-state index in [0.29, 0.717) is 5.69 Å². The molecule has 2 aromatic heterocycles. The second-order valence-electron chi connectivity index (χ2n) is 4.68. The summed E-state index contributed by atoms with van der Waals surface area (Å²) in [6, 6.07) is 7.91. The van der Waals surface area contributed by atoms with E-state index in [-0.39, 0.29) is 22.1 Å². The Kier molecular flexibility index (Phi) is 4.84. The van der Waals surface area contributed by atoms with Crippen molar-refractivity contribution in [1.82, 2.24) is 4.98 Å². The van der Waals surface area contributed by atoms with Gasteiger partial charge in [-0.2, -0.15) is 0 Å². The van der Waals surface area contributed by atoms with Gasteiger partial charge < -0.3 is 0 Å². The van der Waals surface area contributed by atoms with Gasteiger partial charge in [0.15, 0.2) is 5.78 Å². The van der Waals surface area contributed by atoms with Crippen molar-refractivity contribution in [2.75, 3.05) is 0 Å². The number of thiophene rings is 1. The van der Waals surface area contributed by atoms with Crippen LogP contribution in [0.25, 0.3) is 16.0 Å². The Hall–Kier alpha value is -2.35. The number of nitrogens with zero attached hydrogens (tertiary/aromatic N) is 2. The molecular weight excluding hydrogens is 368 g/mol. The first-order chi connectivity index (χ1) is 11.5. The predicted octanol–water partition coefficient (Wildman–Crippen LogP) is 5.33. The van der Waals surface area contributed by atoms with Gasteiger partial charge in [0.05, 0.1) is 15.5 Å². The van der Waals surface area contributed by atoms with Crippen molar-refractivity contribution in [3.63, 3.8) is 0 Å². The van der Waals surface area contributed by atoms with Gasteiger partial charge in [-0.05, 0) is 35.7 Å². The topological polar surface area (TPSA) is 73.1 Å². The van der Waals surface area contributed by atoms with Crippen LogP contribution in [0.3, 0.4) is 0 Å². The number of hydrogen-bond donors (Lipinski definition) is 0. The summed E-state index contributed by atoms with van der Waals surface area (Å²) in [4.78, 5) is 27.9. The lowest BCUT2D eigenvalue weighted by atomic mass is 10.1. The van der Waals surface area contributed by atoms with E-state index >= 15 is 0 Å². The maximum Gasteiger partial charge on any atom is 0.288 e. The molecule has 3 rings (SSSR count). The van der Waals surface area contributed by atoms with E-state index in [0.717, 1.165) is 9.88 Å². The fraction of sp³-hybridized carbons (Fsp3) is 0. The molecule has 0 bridgehead atoms. The highest BCUT2D eigenvalue weighted by molar-refractivity contribution is 7.20. The summed E-state index contributed by atoms with van der Waals surface area (Å²) in [5.41, 5.74) is 0.584. The molecule has 24 heavy (non-hydrogen) atoms. The Bertz CT molecular complexity index is 933. The SMILES string of the molecule is O=C(/C=C/c1csc(-c2cccs2)n1)c1ccc(Cl)c([N+](=O)[O-])c1. The molecule has 5 nitrogen and oxygen atoms in total. The number of carbonyl (C=O) groups excluding carboxylic acids is 1. The summed E-state index contributed by atoms with van der Waals surface area (Å²) in [7, 11) is 0. The predicted molar refractivity (Wildman–Crippen MR) is 96.9 cm³/mol. The molecule has 0 spiro atoms. The van der Waals surface area contributed by atoms with E-state index in [2.05, 4.69) is 4.98 Å². The molecule has 0 atom stereocenters. The maximum atomic E-state index is 12.2. The van der Waals surface area contributed by atoms with Gasteiger partial charge in [-0.25, -0.2) is 4.98 Å². The molecular formula is C16H9ClN2O3S2. The summed E-state index contributed by atoms with van der Waals surface area (Å²) in [5.74, 6) is -0.347. The number of allylic oxidation sites excluding steroid dienone is 1. The van der Waals surface area contributed by atoms with Gasteiger partial charge in [0.25, 0.3) is 5.69 Å². The minimum Gasteiger partial charge on any atom is -0.289 e. The standard InChI is InChI=1S/C16H9ClN2O3S2/c17-12-5-3-10(8-13(12)19(21)22)14(20)6-4-11-9-24-16(18-11)15-2-1-7-23-15/h1-9H/b6-4+. The number of halogens is 1. The van der Waals surface area contributed by atoms with Crippen LogP contribution in [0.1, 0.15) is 16.1 Å². The Morgan fingerprint density at radius 1 is 1.29 bits per heavy atom. The van der Waals surface area contributed by atoms with Crippen LogP contribution in [0.5, 0.6) is 0 Å². The van der Waals surface area contributed by atoms with E-state index in [1.54, 1.807) is 17.4 Å². The van der Waals surface area contributed by atoms with E-state index in [1.165, 1.54) is 35.6 Å². The smallest absolute Gasteiger partial charge is 0.288 e. The number of thiazole rings is 1. The molecule has 0 radical (unpaired) electrons. The fourth-order valence-corrected chi connectivity index (χ4v) is 3.73. The molecule has 0 aliphatic heterocycles. The number of rotatable bonds is 5. The molecule has 0 aliphatic carbocycles. The molecule has 0 saturated heterocycles. The third-order valence-corrected chi connectivity index (χ3v) is 5.31. The Morgan fingerprint density at radius 2 is 2.12 bits per heavy atom. The Morgan fingerprint density at radius 3 is 2.83 bits per heavy atom. The van der Waals surface area contributed by atoms with E-state index in [4.69, 9.17) is 11.6 Å². The molecule has 0 fully saturated rings. The number of nitro groups is 1. The van der Waals surface area contributed by atoms with Crippen molar-refractivity contribution in [2.45, 2.75) is 0 Å². The second-order valence-corrected chi connectivity index (χ2v) is 6.89. The highest BCUT2D eigenvalue weighted by atomic mass is 35.5. The molecule has 0 saturated carbocycles. The summed E-state index contributed by atoms with van der Waals surface area (Å²) in [5, 5.41) is 15.6. The first-order valence-electron chi connectivity index (χ1n) is 6.70. The van der Waals surface area contributed by atoms with Crippen LogP contribution in [0.15, 0.2) is 47.2 Å². The van der Waals surface area contributed by atoms with Gasteiger partial charge in [0.2, 0.25) is 0 Å². The van der Waals surface area contributed by atoms with Crippen LogP contribution in [0.4, 0.5) is 5.69 Å². The number of ketones is 1. The Labute approximate surface area is 150 Å². The quantitative estimate of drug-likeness (QED) is 0.261. The van der Waals surface area contributed by atoms with Crippen molar-refractivity contribution in [3.05, 3.63) is 73.6 Å². The minimum atomic E-state index is -0.615.